The second kappa shape index (κ2) is 6.31. The minimum atomic E-state index is -1.10. The zero-order valence-electron chi connectivity index (χ0n) is 9.96. The molecule has 0 fully saturated rings. The van der Waals surface area contributed by atoms with Gasteiger partial charge in [-0.2, -0.15) is 0 Å². The maximum atomic E-state index is 10.9. The highest BCUT2D eigenvalue weighted by molar-refractivity contribution is 5.86. The summed E-state index contributed by atoms with van der Waals surface area (Å²) in [6.45, 7) is 2.52. The van der Waals surface area contributed by atoms with Crippen molar-refractivity contribution < 1.29 is 19.7 Å². The van der Waals surface area contributed by atoms with Crippen LogP contribution in [0.4, 0.5) is 0 Å². The van der Waals surface area contributed by atoms with Gasteiger partial charge in [-0.1, -0.05) is 5.21 Å². The fourth-order valence-electron chi connectivity index (χ4n) is 1.43. The number of aliphatic hydroxyl groups is 1. The van der Waals surface area contributed by atoms with Crippen LogP contribution in [0.1, 0.15) is 29.5 Å². The van der Waals surface area contributed by atoms with Gasteiger partial charge in [0.25, 0.3) is 0 Å². The first-order chi connectivity index (χ1) is 8.06. The van der Waals surface area contributed by atoms with Gasteiger partial charge in [0, 0.05) is 20.1 Å². The average molecular weight is 243 g/mol. The quantitative estimate of drug-likeness (QED) is 0.696. The van der Waals surface area contributed by atoms with E-state index in [-0.39, 0.29) is 5.69 Å². The Morgan fingerprint density at radius 3 is 2.82 bits per heavy atom. The highest BCUT2D eigenvalue weighted by Crippen LogP contribution is 2.08. The summed E-state index contributed by atoms with van der Waals surface area (Å²) in [5, 5.41) is 25.5. The van der Waals surface area contributed by atoms with Gasteiger partial charge in [0.2, 0.25) is 0 Å². The molecule has 1 aromatic rings. The van der Waals surface area contributed by atoms with Crippen LogP contribution in [-0.4, -0.2) is 51.0 Å². The Balaban J connectivity index is 2.84. The van der Waals surface area contributed by atoms with Crippen molar-refractivity contribution in [3.63, 3.8) is 0 Å². The van der Waals surface area contributed by atoms with Gasteiger partial charge in [0.05, 0.1) is 18.4 Å². The fourth-order valence-corrected chi connectivity index (χ4v) is 1.43. The number of hydrogen-bond donors (Lipinski definition) is 2. The van der Waals surface area contributed by atoms with Gasteiger partial charge in [-0.25, -0.2) is 9.48 Å². The number of methoxy groups -OCH3 is 1. The van der Waals surface area contributed by atoms with E-state index in [1.54, 1.807) is 14.0 Å². The third-order valence-electron chi connectivity index (χ3n) is 2.34. The number of aryl methyl sites for hydroxylation is 1. The van der Waals surface area contributed by atoms with Crippen LogP contribution in [0.2, 0.25) is 0 Å². The van der Waals surface area contributed by atoms with Gasteiger partial charge in [-0.15, -0.1) is 5.10 Å². The molecular weight excluding hydrogens is 226 g/mol. The van der Waals surface area contributed by atoms with E-state index >= 15 is 0 Å². The van der Waals surface area contributed by atoms with Crippen molar-refractivity contribution >= 4 is 5.97 Å². The van der Waals surface area contributed by atoms with Crippen molar-refractivity contribution in [2.45, 2.75) is 32.4 Å². The largest absolute Gasteiger partial charge is 0.476 e. The van der Waals surface area contributed by atoms with E-state index < -0.39 is 12.1 Å². The molecule has 0 aliphatic carbocycles. The Hall–Kier alpha value is -1.47. The van der Waals surface area contributed by atoms with Gasteiger partial charge < -0.3 is 14.9 Å². The first kappa shape index (κ1) is 13.6. The Morgan fingerprint density at radius 1 is 1.59 bits per heavy atom. The third-order valence-corrected chi connectivity index (χ3v) is 2.34. The molecule has 0 radical (unpaired) electrons. The average Bonchev–Trinajstić information content (AvgIpc) is 2.66. The van der Waals surface area contributed by atoms with E-state index in [0.717, 1.165) is 0 Å². The number of aromatic carboxylic acids is 1. The molecular formula is C10H17N3O4. The lowest BCUT2D eigenvalue weighted by Crippen LogP contribution is -2.13. The molecule has 0 bridgehead atoms. The molecule has 0 aromatic carbocycles. The number of carboxylic acids is 1. The van der Waals surface area contributed by atoms with Crippen LogP contribution in [0, 0.1) is 0 Å². The van der Waals surface area contributed by atoms with E-state index in [1.807, 2.05) is 0 Å². The summed E-state index contributed by atoms with van der Waals surface area (Å²) in [7, 11) is 1.55. The first-order valence-corrected chi connectivity index (χ1v) is 5.39. The van der Waals surface area contributed by atoms with E-state index in [0.29, 0.717) is 31.7 Å². The molecule has 1 rings (SSSR count). The van der Waals surface area contributed by atoms with Crippen LogP contribution in [-0.2, 0) is 17.7 Å². The van der Waals surface area contributed by atoms with Gasteiger partial charge in [0.1, 0.15) is 0 Å². The Labute approximate surface area is 99.0 Å². The molecule has 0 saturated carbocycles. The normalized spacial score (nSPS) is 12.6. The van der Waals surface area contributed by atoms with Crippen LogP contribution in [0.5, 0.6) is 0 Å². The van der Waals surface area contributed by atoms with Crippen molar-refractivity contribution in [1.29, 1.82) is 0 Å². The summed E-state index contributed by atoms with van der Waals surface area (Å²) in [5.74, 6) is -1.10. The van der Waals surface area contributed by atoms with E-state index in [9.17, 15) is 9.90 Å². The number of hydrogen-bond acceptors (Lipinski definition) is 5. The molecule has 0 spiro atoms. The van der Waals surface area contributed by atoms with Crippen LogP contribution < -0.4 is 0 Å². The van der Waals surface area contributed by atoms with Crippen molar-refractivity contribution in [2.24, 2.45) is 0 Å². The van der Waals surface area contributed by atoms with Crippen LogP contribution in [0.15, 0.2) is 0 Å². The minimum Gasteiger partial charge on any atom is -0.476 e. The monoisotopic (exact) mass is 243 g/mol. The first-order valence-electron chi connectivity index (χ1n) is 5.39. The summed E-state index contributed by atoms with van der Waals surface area (Å²) in [5.41, 5.74) is 0.479. The molecule has 0 amide bonds. The van der Waals surface area contributed by atoms with Gasteiger partial charge in [-0.05, 0) is 13.3 Å². The molecule has 1 unspecified atom stereocenters. The Kier molecular flexibility index (Phi) is 5.05. The van der Waals surface area contributed by atoms with Gasteiger partial charge in [-0.3, -0.25) is 0 Å². The van der Waals surface area contributed by atoms with Gasteiger partial charge >= 0.3 is 5.97 Å². The summed E-state index contributed by atoms with van der Waals surface area (Å²) in [6.07, 6.45) is 0.482. The molecule has 0 saturated heterocycles. The molecule has 1 aromatic heterocycles. The number of carbonyl (C=O) groups is 1. The van der Waals surface area contributed by atoms with Crippen molar-refractivity contribution in [3.05, 3.63) is 11.4 Å². The number of aromatic nitrogens is 3. The molecule has 7 nitrogen and oxygen atoms in total. The van der Waals surface area contributed by atoms with Crippen LogP contribution in [0.25, 0.3) is 0 Å². The van der Waals surface area contributed by atoms with Crippen LogP contribution in [0.3, 0.4) is 0 Å². The molecule has 17 heavy (non-hydrogen) atoms. The number of rotatable bonds is 7. The molecule has 1 heterocycles. The second-order valence-electron chi connectivity index (χ2n) is 3.79. The molecule has 7 heteroatoms. The second-order valence-corrected chi connectivity index (χ2v) is 3.79. The Bertz CT molecular complexity index is 376. The molecule has 0 aliphatic rings. The summed E-state index contributed by atoms with van der Waals surface area (Å²) >= 11 is 0. The molecule has 96 valence electrons. The Morgan fingerprint density at radius 2 is 2.29 bits per heavy atom. The maximum Gasteiger partial charge on any atom is 0.358 e. The number of nitrogens with zero attached hydrogens (tertiary/aromatic N) is 3. The minimum absolute atomic E-state index is 0.0485. The predicted octanol–water partition coefficient (Wildman–Crippen LogP) is -0.0639. The summed E-state index contributed by atoms with van der Waals surface area (Å²) in [4.78, 5) is 10.9. The van der Waals surface area contributed by atoms with Crippen molar-refractivity contribution in [1.82, 2.24) is 15.0 Å². The molecule has 2 N–H and O–H groups in total. The van der Waals surface area contributed by atoms with Gasteiger partial charge in [0.15, 0.2) is 5.69 Å². The fraction of sp³-hybridized carbons (Fsp3) is 0.700. The highest BCUT2D eigenvalue weighted by Gasteiger charge is 2.18. The lowest BCUT2D eigenvalue weighted by molar-refractivity contribution is 0.0688. The predicted molar refractivity (Wildman–Crippen MR) is 58.9 cm³/mol. The van der Waals surface area contributed by atoms with E-state index in [4.69, 9.17) is 9.84 Å². The zero-order chi connectivity index (χ0) is 12.8. The van der Waals surface area contributed by atoms with E-state index in [1.165, 1.54) is 4.68 Å². The summed E-state index contributed by atoms with van der Waals surface area (Å²) in [6, 6.07) is 0. The van der Waals surface area contributed by atoms with Crippen molar-refractivity contribution in [3.8, 4) is 0 Å². The number of ether oxygens (including phenoxy) is 1. The number of carboxylic acid groups (broad SMARTS) is 1. The van der Waals surface area contributed by atoms with Crippen LogP contribution >= 0.6 is 0 Å². The van der Waals surface area contributed by atoms with Crippen molar-refractivity contribution in [2.75, 3.05) is 13.7 Å². The molecule has 0 aliphatic heterocycles. The smallest absolute Gasteiger partial charge is 0.358 e. The van der Waals surface area contributed by atoms with E-state index in [2.05, 4.69) is 10.3 Å². The summed E-state index contributed by atoms with van der Waals surface area (Å²) < 4.78 is 6.43. The lowest BCUT2D eigenvalue weighted by atomic mass is 10.2. The lowest BCUT2D eigenvalue weighted by Gasteiger charge is -2.07. The zero-order valence-corrected chi connectivity index (χ0v) is 9.96. The maximum absolute atomic E-state index is 10.9. The SMILES string of the molecule is COCCc1c(C(=O)O)nnn1CCC(C)O. The highest BCUT2D eigenvalue weighted by atomic mass is 16.5. The molecule has 1 atom stereocenters. The number of aliphatic hydroxyl groups excluding tert-OH is 1. The standard InChI is InChI=1S/C10H17N3O4/c1-7(14)3-5-13-8(4-6-17-2)9(10(15)16)11-12-13/h7,14H,3-6H2,1-2H3,(H,15,16). The topological polar surface area (TPSA) is 97.5 Å². The third kappa shape index (κ3) is 3.79.